The summed E-state index contributed by atoms with van der Waals surface area (Å²) in [7, 11) is 0. The first-order valence-corrected chi connectivity index (χ1v) is 9.53. The third-order valence-electron chi connectivity index (χ3n) is 5.71. The zero-order valence-corrected chi connectivity index (χ0v) is 16.2. The second kappa shape index (κ2) is 8.08. The second-order valence-electron chi connectivity index (χ2n) is 7.56. The number of amides is 1. The largest absolute Gasteiger partial charge is 0.354 e. The average Bonchev–Trinajstić information content (AvgIpc) is 2.94. The van der Waals surface area contributed by atoms with Crippen molar-refractivity contribution < 1.29 is 14.1 Å². The van der Waals surface area contributed by atoms with Crippen LogP contribution in [0, 0.1) is 29.8 Å². The first kappa shape index (κ1) is 20.0. The second-order valence-corrected chi connectivity index (χ2v) is 7.56. The zero-order valence-electron chi connectivity index (χ0n) is 16.2. The van der Waals surface area contributed by atoms with Gasteiger partial charge in [-0.1, -0.05) is 31.4 Å². The molecule has 1 heterocycles. The molecular weight excluding hydrogens is 363 g/mol. The van der Waals surface area contributed by atoms with Gasteiger partial charge in [0.2, 0.25) is 5.91 Å². The van der Waals surface area contributed by atoms with Crippen LogP contribution in [0.5, 0.6) is 0 Å². The van der Waals surface area contributed by atoms with E-state index in [1.54, 1.807) is 26.0 Å². The lowest BCUT2D eigenvalue weighted by Crippen LogP contribution is -2.43. The molecule has 0 saturated heterocycles. The van der Waals surface area contributed by atoms with Crippen LogP contribution in [0.1, 0.15) is 49.1 Å². The van der Waals surface area contributed by atoms with E-state index in [1.807, 2.05) is 0 Å². The number of nitro groups is 1. The molecule has 1 aliphatic carbocycles. The van der Waals surface area contributed by atoms with Gasteiger partial charge in [-0.05, 0) is 44.4 Å². The molecule has 2 aromatic rings. The summed E-state index contributed by atoms with van der Waals surface area (Å²) in [5.74, 6) is -0.516. The molecule has 0 atom stereocenters. The Kier molecular flexibility index (Phi) is 5.76. The van der Waals surface area contributed by atoms with Gasteiger partial charge in [-0.25, -0.2) is 4.39 Å². The van der Waals surface area contributed by atoms with Gasteiger partial charge in [0.25, 0.3) is 0 Å². The summed E-state index contributed by atoms with van der Waals surface area (Å²) in [4.78, 5) is 23.2. The number of benzene rings is 1. The van der Waals surface area contributed by atoms with Crippen molar-refractivity contribution in [2.75, 3.05) is 6.54 Å². The molecule has 8 heteroatoms. The minimum atomic E-state index is -0.475. The first-order valence-electron chi connectivity index (χ1n) is 9.53. The molecule has 0 radical (unpaired) electrons. The Balaban J connectivity index is 1.72. The highest BCUT2D eigenvalue weighted by Gasteiger charge is 2.34. The molecule has 0 unspecified atom stereocenters. The maximum atomic E-state index is 13.3. The van der Waals surface area contributed by atoms with Gasteiger partial charge in [-0.15, -0.1) is 0 Å². The number of nitrogens with one attached hydrogen (secondary N) is 1. The summed E-state index contributed by atoms with van der Waals surface area (Å²) in [6.45, 7) is 3.54. The first-order chi connectivity index (χ1) is 13.3. The monoisotopic (exact) mass is 388 g/mol. The van der Waals surface area contributed by atoms with E-state index in [-0.39, 0.29) is 29.4 Å². The number of aryl methyl sites for hydroxylation is 1. The van der Waals surface area contributed by atoms with E-state index >= 15 is 0 Å². The van der Waals surface area contributed by atoms with Crippen LogP contribution in [0.15, 0.2) is 24.3 Å². The SMILES string of the molecule is Cc1nn(CC(=O)NCC2(c3ccc(F)cc3)CCCCC2)c(C)c1[N+](=O)[O-]. The third-order valence-corrected chi connectivity index (χ3v) is 5.71. The number of nitrogens with zero attached hydrogens (tertiary/aromatic N) is 3. The number of carbonyl (C=O) groups excluding carboxylic acids is 1. The van der Waals surface area contributed by atoms with Gasteiger partial charge < -0.3 is 5.32 Å². The van der Waals surface area contributed by atoms with Gasteiger partial charge >= 0.3 is 5.69 Å². The zero-order chi connectivity index (χ0) is 20.3. The lowest BCUT2D eigenvalue weighted by atomic mass is 9.69. The van der Waals surface area contributed by atoms with Gasteiger partial charge in [-0.3, -0.25) is 19.6 Å². The molecule has 3 rings (SSSR count). The van der Waals surface area contributed by atoms with Gasteiger partial charge in [0.15, 0.2) is 0 Å². The van der Waals surface area contributed by atoms with Crippen LogP contribution in [0.3, 0.4) is 0 Å². The van der Waals surface area contributed by atoms with Crippen molar-refractivity contribution >= 4 is 11.6 Å². The van der Waals surface area contributed by atoms with Gasteiger partial charge in [-0.2, -0.15) is 5.10 Å². The molecule has 28 heavy (non-hydrogen) atoms. The minimum Gasteiger partial charge on any atom is -0.354 e. The van der Waals surface area contributed by atoms with Crippen molar-refractivity contribution in [1.82, 2.24) is 15.1 Å². The molecule has 0 bridgehead atoms. The van der Waals surface area contributed by atoms with Crippen molar-refractivity contribution in [3.05, 3.63) is 57.1 Å². The molecule has 0 spiro atoms. The molecule has 1 N–H and O–H groups in total. The van der Waals surface area contributed by atoms with E-state index in [0.29, 0.717) is 17.9 Å². The Morgan fingerprint density at radius 1 is 1.25 bits per heavy atom. The maximum Gasteiger partial charge on any atom is 0.312 e. The summed E-state index contributed by atoms with van der Waals surface area (Å²) < 4.78 is 14.7. The quantitative estimate of drug-likeness (QED) is 0.605. The molecule has 1 amide bonds. The molecule has 1 fully saturated rings. The molecule has 1 aromatic carbocycles. The summed E-state index contributed by atoms with van der Waals surface area (Å²) in [5, 5.41) is 18.2. The lowest BCUT2D eigenvalue weighted by molar-refractivity contribution is -0.386. The molecule has 0 aliphatic heterocycles. The normalized spacial score (nSPS) is 16.0. The van der Waals surface area contributed by atoms with Gasteiger partial charge in [0.1, 0.15) is 23.7 Å². The predicted molar refractivity (Wildman–Crippen MR) is 103 cm³/mol. The summed E-state index contributed by atoms with van der Waals surface area (Å²) in [6.07, 6.45) is 5.16. The Hall–Kier alpha value is -2.77. The Labute approximate surface area is 163 Å². The molecular formula is C20H25FN4O3. The number of rotatable bonds is 6. The number of aromatic nitrogens is 2. The fourth-order valence-corrected chi connectivity index (χ4v) is 4.16. The standard InChI is InChI=1S/C20H25FN4O3/c1-14-19(25(27)28)15(2)24(23-14)12-18(26)22-13-20(10-4-3-5-11-20)16-6-8-17(21)9-7-16/h6-9H,3-5,10-13H2,1-2H3,(H,22,26). The van der Waals surface area contributed by atoms with Crippen LogP contribution in [0.4, 0.5) is 10.1 Å². The Morgan fingerprint density at radius 3 is 2.46 bits per heavy atom. The Bertz CT molecular complexity index is 870. The van der Waals surface area contributed by atoms with Crippen molar-refractivity contribution in [3.63, 3.8) is 0 Å². The van der Waals surface area contributed by atoms with Crippen molar-refractivity contribution in [2.24, 2.45) is 0 Å². The molecule has 1 aromatic heterocycles. The molecule has 7 nitrogen and oxygen atoms in total. The fourth-order valence-electron chi connectivity index (χ4n) is 4.16. The number of hydrogen-bond acceptors (Lipinski definition) is 4. The number of halogens is 1. The van der Waals surface area contributed by atoms with Crippen molar-refractivity contribution in [2.45, 2.75) is 57.9 Å². The van der Waals surface area contributed by atoms with Gasteiger partial charge in [0, 0.05) is 12.0 Å². The highest BCUT2D eigenvalue weighted by molar-refractivity contribution is 5.76. The van der Waals surface area contributed by atoms with Crippen LogP contribution >= 0.6 is 0 Å². The molecule has 150 valence electrons. The van der Waals surface area contributed by atoms with Crippen LogP contribution in [-0.2, 0) is 16.8 Å². The Morgan fingerprint density at radius 2 is 1.89 bits per heavy atom. The minimum absolute atomic E-state index is 0.0529. The van der Waals surface area contributed by atoms with Crippen molar-refractivity contribution in [3.8, 4) is 0 Å². The maximum absolute atomic E-state index is 13.3. The predicted octanol–water partition coefficient (Wildman–Crippen LogP) is 3.57. The fraction of sp³-hybridized carbons (Fsp3) is 0.500. The molecule has 1 aliphatic rings. The summed E-state index contributed by atoms with van der Waals surface area (Å²) in [5.41, 5.74) is 1.44. The van der Waals surface area contributed by atoms with E-state index in [9.17, 15) is 19.3 Å². The highest BCUT2D eigenvalue weighted by atomic mass is 19.1. The van der Waals surface area contributed by atoms with Crippen molar-refractivity contribution in [1.29, 1.82) is 0 Å². The summed E-state index contributed by atoms with van der Waals surface area (Å²) >= 11 is 0. The smallest absolute Gasteiger partial charge is 0.312 e. The van der Waals surface area contributed by atoms with E-state index in [2.05, 4.69) is 10.4 Å². The summed E-state index contributed by atoms with van der Waals surface area (Å²) in [6, 6.07) is 6.53. The van der Waals surface area contributed by atoms with E-state index in [0.717, 1.165) is 37.7 Å². The topological polar surface area (TPSA) is 90.1 Å². The number of hydrogen-bond donors (Lipinski definition) is 1. The number of carbonyl (C=O) groups is 1. The van der Waals surface area contributed by atoms with E-state index in [4.69, 9.17) is 0 Å². The third kappa shape index (κ3) is 4.05. The molecule has 1 saturated carbocycles. The van der Waals surface area contributed by atoms with E-state index in [1.165, 1.54) is 16.8 Å². The average molecular weight is 388 g/mol. The van der Waals surface area contributed by atoms with Crippen LogP contribution in [0.25, 0.3) is 0 Å². The van der Waals surface area contributed by atoms with Gasteiger partial charge in [0.05, 0.1) is 4.92 Å². The van der Waals surface area contributed by atoms with Crippen LogP contribution < -0.4 is 5.32 Å². The van der Waals surface area contributed by atoms with E-state index < -0.39 is 4.92 Å². The highest BCUT2D eigenvalue weighted by Crippen LogP contribution is 2.39. The lowest BCUT2D eigenvalue weighted by Gasteiger charge is -2.38. The van der Waals surface area contributed by atoms with Crippen LogP contribution in [-0.4, -0.2) is 27.2 Å². The van der Waals surface area contributed by atoms with Crippen LogP contribution in [0.2, 0.25) is 0 Å².